The van der Waals surface area contributed by atoms with Gasteiger partial charge in [-0.25, -0.2) is 9.97 Å². The molecular formula is C20H19N3O3S2. The molecule has 0 spiro atoms. The third-order valence-electron chi connectivity index (χ3n) is 4.33. The summed E-state index contributed by atoms with van der Waals surface area (Å²) >= 11 is 3.04. The van der Waals surface area contributed by atoms with Crippen LogP contribution in [0.4, 0.5) is 0 Å². The van der Waals surface area contributed by atoms with E-state index < -0.39 is 0 Å². The molecule has 0 saturated heterocycles. The third kappa shape index (κ3) is 3.76. The molecule has 0 aliphatic carbocycles. The van der Waals surface area contributed by atoms with Crippen molar-refractivity contribution >= 4 is 34.0 Å². The van der Waals surface area contributed by atoms with Crippen molar-refractivity contribution in [2.24, 2.45) is 0 Å². The number of para-hydroxylation sites is 1. The highest BCUT2D eigenvalue weighted by Crippen LogP contribution is 2.29. The van der Waals surface area contributed by atoms with Gasteiger partial charge in [0.15, 0.2) is 5.16 Å². The second-order valence-corrected chi connectivity index (χ2v) is 8.12. The van der Waals surface area contributed by atoms with Gasteiger partial charge < -0.3 is 9.52 Å². The molecule has 0 amide bonds. The summed E-state index contributed by atoms with van der Waals surface area (Å²) in [6.45, 7) is 2.34. The molecule has 0 unspecified atom stereocenters. The van der Waals surface area contributed by atoms with Gasteiger partial charge in [0.2, 0.25) is 5.89 Å². The Bertz CT molecular complexity index is 1150. The van der Waals surface area contributed by atoms with Crippen LogP contribution in [0.2, 0.25) is 0 Å². The van der Waals surface area contributed by atoms with Crippen LogP contribution < -0.4 is 5.56 Å². The fourth-order valence-corrected chi connectivity index (χ4v) is 4.56. The Morgan fingerprint density at radius 1 is 1.21 bits per heavy atom. The van der Waals surface area contributed by atoms with Gasteiger partial charge in [0.05, 0.1) is 21.5 Å². The summed E-state index contributed by atoms with van der Waals surface area (Å²) in [4.78, 5) is 23.2. The molecule has 8 heteroatoms. The van der Waals surface area contributed by atoms with E-state index >= 15 is 0 Å². The van der Waals surface area contributed by atoms with Gasteiger partial charge in [-0.05, 0) is 36.9 Å². The fourth-order valence-electron chi connectivity index (χ4n) is 2.88. The minimum Gasteiger partial charge on any atom is -0.440 e. The van der Waals surface area contributed by atoms with Crippen molar-refractivity contribution in [2.45, 2.75) is 30.8 Å². The SMILES string of the molecule is Cc1oc(-c2cccs2)nc1CSc1nc2ccccc2c(=O)n1CCCO. The first-order chi connectivity index (χ1) is 13.7. The Kier molecular flexibility index (Phi) is 5.61. The molecule has 0 radical (unpaired) electrons. The molecule has 3 heterocycles. The number of rotatable bonds is 7. The van der Waals surface area contributed by atoms with Crippen molar-refractivity contribution < 1.29 is 9.52 Å². The number of thiophene rings is 1. The summed E-state index contributed by atoms with van der Waals surface area (Å²) in [5.74, 6) is 1.93. The largest absolute Gasteiger partial charge is 0.440 e. The predicted octanol–water partition coefficient (Wildman–Crippen LogP) is 4.10. The van der Waals surface area contributed by atoms with Gasteiger partial charge in [-0.2, -0.15) is 0 Å². The summed E-state index contributed by atoms with van der Waals surface area (Å²) in [6.07, 6.45) is 0.499. The van der Waals surface area contributed by atoms with Crippen molar-refractivity contribution in [3.8, 4) is 10.8 Å². The van der Waals surface area contributed by atoms with E-state index in [0.717, 1.165) is 16.3 Å². The molecule has 6 nitrogen and oxygen atoms in total. The molecule has 3 aromatic heterocycles. The Morgan fingerprint density at radius 3 is 2.86 bits per heavy atom. The number of aliphatic hydroxyl groups is 1. The average Bonchev–Trinajstić information content (AvgIpc) is 3.36. The van der Waals surface area contributed by atoms with Crippen molar-refractivity contribution in [1.82, 2.24) is 14.5 Å². The van der Waals surface area contributed by atoms with Crippen LogP contribution in [0, 0.1) is 6.92 Å². The predicted molar refractivity (Wildman–Crippen MR) is 112 cm³/mol. The van der Waals surface area contributed by atoms with Gasteiger partial charge in [-0.3, -0.25) is 9.36 Å². The van der Waals surface area contributed by atoms with Crippen LogP contribution in [0.25, 0.3) is 21.7 Å². The third-order valence-corrected chi connectivity index (χ3v) is 6.17. The number of aliphatic hydroxyl groups excluding tert-OH is 1. The first-order valence-corrected chi connectivity index (χ1v) is 10.8. The van der Waals surface area contributed by atoms with Gasteiger partial charge in [-0.1, -0.05) is 30.0 Å². The van der Waals surface area contributed by atoms with Crippen LogP contribution in [-0.4, -0.2) is 26.2 Å². The van der Waals surface area contributed by atoms with E-state index in [1.807, 2.05) is 42.6 Å². The topological polar surface area (TPSA) is 81.2 Å². The molecule has 0 aliphatic rings. The number of hydrogen-bond donors (Lipinski definition) is 1. The van der Waals surface area contributed by atoms with Crippen LogP contribution in [0.5, 0.6) is 0 Å². The van der Waals surface area contributed by atoms with Crippen molar-refractivity contribution in [3.63, 3.8) is 0 Å². The molecule has 0 bridgehead atoms. The molecule has 0 atom stereocenters. The lowest BCUT2D eigenvalue weighted by atomic mass is 10.2. The molecule has 144 valence electrons. The summed E-state index contributed by atoms with van der Waals surface area (Å²) in [5, 5.41) is 12.4. The first-order valence-electron chi connectivity index (χ1n) is 8.91. The van der Waals surface area contributed by atoms with Gasteiger partial charge >= 0.3 is 0 Å². The highest BCUT2D eigenvalue weighted by molar-refractivity contribution is 7.98. The molecule has 4 rings (SSSR count). The monoisotopic (exact) mass is 413 g/mol. The average molecular weight is 414 g/mol. The van der Waals surface area contributed by atoms with E-state index in [4.69, 9.17) is 4.42 Å². The maximum absolute atomic E-state index is 12.9. The number of aryl methyl sites for hydroxylation is 1. The van der Waals surface area contributed by atoms with E-state index in [0.29, 0.717) is 40.7 Å². The highest BCUT2D eigenvalue weighted by atomic mass is 32.2. The number of nitrogens with zero attached hydrogens (tertiary/aromatic N) is 3. The number of thioether (sulfide) groups is 1. The zero-order valence-electron chi connectivity index (χ0n) is 15.3. The number of hydrogen-bond acceptors (Lipinski definition) is 7. The molecule has 4 aromatic rings. The smallest absolute Gasteiger partial charge is 0.262 e. The minimum atomic E-state index is -0.0855. The van der Waals surface area contributed by atoms with Gasteiger partial charge in [0, 0.05) is 18.9 Å². The number of fused-ring (bicyclic) bond motifs is 1. The van der Waals surface area contributed by atoms with Gasteiger partial charge in [0.25, 0.3) is 5.56 Å². The number of oxazole rings is 1. The summed E-state index contributed by atoms with van der Waals surface area (Å²) in [7, 11) is 0. The molecule has 1 N–H and O–H groups in total. The molecule has 1 aromatic carbocycles. The zero-order valence-corrected chi connectivity index (χ0v) is 16.9. The molecule has 0 aliphatic heterocycles. The lowest BCUT2D eigenvalue weighted by Gasteiger charge is -2.12. The van der Waals surface area contributed by atoms with Gasteiger partial charge in [-0.15, -0.1) is 11.3 Å². The lowest BCUT2D eigenvalue weighted by molar-refractivity contribution is 0.276. The van der Waals surface area contributed by atoms with E-state index in [1.165, 1.54) is 11.8 Å². The molecular weight excluding hydrogens is 394 g/mol. The molecule has 28 heavy (non-hydrogen) atoms. The Hall–Kier alpha value is -2.42. The zero-order chi connectivity index (χ0) is 19.5. The fraction of sp³-hybridized carbons (Fsp3) is 0.250. The van der Waals surface area contributed by atoms with Crippen LogP contribution in [0.15, 0.2) is 56.1 Å². The van der Waals surface area contributed by atoms with E-state index in [1.54, 1.807) is 22.0 Å². The van der Waals surface area contributed by atoms with Crippen LogP contribution in [-0.2, 0) is 12.3 Å². The number of benzene rings is 1. The normalized spacial score (nSPS) is 11.4. The Balaban J connectivity index is 1.65. The van der Waals surface area contributed by atoms with Crippen LogP contribution in [0.3, 0.4) is 0 Å². The Morgan fingerprint density at radius 2 is 2.07 bits per heavy atom. The van der Waals surface area contributed by atoms with E-state index in [9.17, 15) is 9.90 Å². The Labute approximate surface area is 169 Å². The standard InChI is InChI=1S/C20H19N3O3S2/c1-13-16(21-18(26-13)17-8-4-11-27-17)12-28-20-22-15-7-3-2-6-14(15)19(25)23(20)9-5-10-24/h2-4,6-8,11,24H,5,9-10,12H2,1H3. The van der Waals surface area contributed by atoms with Crippen molar-refractivity contribution in [2.75, 3.05) is 6.61 Å². The first kappa shape index (κ1) is 18.9. The molecule has 0 fully saturated rings. The van der Waals surface area contributed by atoms with Crippen LogP contribution >= 0.6 is 23.1 Å². The van der Waals surface area contributed by atoms with E-state index in [-0.39, 0.29) is 12.2 Å². The second-order valence-electron chi connectivity index (χ2n) is 6.23. The minimum absolute atomic E-state index is 0.0238. The second kappa shape index (κ2) is 8.30. The maximum atomic E-state index is 12.9. The highest BCUT2D eigenvalue weighted by Gasteiger charge is 2.16. The lowest BCUT2D eigenvalue weighted by Crippen LogP contribution is -2.24. The van der Waals surface area contributed by atoms with E-state index in [2.05, 4.69) is 9.97 Å². The summed E-state index contributed by atoms with van der Waals surface area (Å²) < 4.78 is 7.44. The number of aromatic nitrogens is 3. The maximum Gasteiger partial charge on any atom is 0.262 e. The van der Waals surface area contributed by atoms with Crippen LogP contribution in [0.1, 0.15) is 17.9 Å². The summed E-state index contributed by atoms with van der Waals surface area (Å²) in [5.41, 5.74) is 1.42. The van der Waals surface area contributed by atoms with Crippen molar-refractivity contribution in [3.05, 3.63) is 63.6 Å². The quantitative estimate of drug-likeness (QED) is 0.363. The van der Waals surface area contributed by atoms with Gasteiger partial charge in [0.1, 0.15) is 5.76 Å². The molecule has 0 saturated carbocycles. The van der Waals surface area contributed by atoms with Crippen molar-refractivity contribution in [1.29, 1.82) is 0 Å². The summed E-state index contributed by atoms with van der Waals surface area (Å²) in [6, 6.07) is 11.3.